The standard InChI is InChI=1S/C15H29N3O4S/c1-5-18(14-7-10-23(21,22)12-14)15(20)11-17(13(2)19)9-6-8-16(3)4/h14H,5-12H2,1-4H3. The summed E-state index contributed by atoms with van der Waals surface area (Å²) in [6.07, 6.45) is 1.28. The molecule has 1 saturated heterocycles. The van der Waals surface area contributed by atoms with Gasteiger partial charge in [0.15, 0.2) is 9.84 Å². The Labute approximate surface area is 139 Å². The van der Waals surface area contributed by atoms with Crippen LogP contribution in [0.1, 0.15) is 26.7 Å². The highest BCUT2D eigenvalue weighted by molar-refractivity contribution is 7.91. The fraction of sp³-hybridized carbons (Fsp3) is 0.867. The average Bonchev–Trinajstić information content (AvgIpc) is 2.78. The van der Waals surface area contributed by atoms with Crippen molar-refractivity contribution >= 4 is 21.7 Å². The molecule has 1 aliphatic heterocycles. The van der Waals surface area contributed by atoms with E-state index in [9.17, 15) is 18.0 Å². The molecule has 0 aliphatic carbocycles. The Morgan fingerprint density at radius 1 is 1.17 bits per heavy atom. The Morgan fingerprint density at radius 2 is 1.83 bits per heavy atom. The minimum absolute atomic E-state index is 0.0210. The maximum Gasteiger partial charge on any atom is 0.242 e. The van der Waals surface area contributed by atoms with E-state index in [0.29, 0.717) is 19.5 Å². The molecular formula is C15H29N3O4S. The monoisotopic (exact) mass is 347 g/mol. The zero-order valence-electron chi connectivity index (χ0n) is 14.6. The molecule has 0 radical (unpaired) electrons. The SMILES string of the molecule is CCN(C(=O)CN(CCCN(C)C)C(C)=O)C1CCS(=O)(=O)C1. The lowest BCUT2D eigenvalue weighted by atomic mass is 10.2. The highest BCUT2D eigenvalue weighted by atomic mass is 32.2. The van der Waals surface area contributed by atoms with Gasteiger partial charge in [0.25, 0.3) is 0 Å². The van der Waals surface area contributed by atoms with Crippen LogP contribution in [0.3, 0.4) is 0 Å². The van der Waals surface area contributed by atoms with Crippen molar-refractivity contribution < 1.29 is 18.0 Å². The zero-order valence-corrected chi connectivity index (χ0v) is 15.4. The van der Waals surface area contributed by atoms with Crippen molar-refractivity contribution in [1.82, 2.24) is 14.7 Å². The van der Waals surface area contributed by atoms with E-state index >= 15 is 0 Å². The van der Waals surface area contributed by atoms with E-state index in [0.717, 1.165) is 13.0 Å². The molecule has 0 aromatic carbocycles. The predicted molar refractivity (Wildman–Crippen MR) is 89.9 cm³/mol. The second-order valence-corrected chi connectivity index (χ2v) is 8.56. The van der Waals surface area contributed by atoms with Crippen LogP contribution < -0.4 is 0 Å². The van der Waals surface area contributed by atoms with Crippen molar-refractivity contribution in [2.24, 2.45) is 0 Å². The molecular weight excluding hydrogens is 318 g/mol. The summed E-state index contributed by atoms with van der Waals surface area (Å²) in [6.45, 7) is 5.15. The Hall–Kier alpha value is -1.15. The molecule has 1 fully saturated rings. The summed E-state index contributed by atoms with van der Waals surface area (Å²) in [4.78, 5) is 29.4. The Morgan fingerprint density at radius 3 is 2.26 bits per heavy atom. The number of carbonyl (C=O) groups is 2. The normalized spacial score (nSPS) is 19.8. The van der Waals surface area contributed by atoms with Gasteiger partial charge in [-0.3, -0.25) is 9.59 Å². The van der Waals surface area contributed by atoms with Crippen molar-refractivity contribution in [3.63, 3.8) is 0 Å². The number of carbonyl (C=O) groups excluding carboxylic acids is 2. The van der Waals surface area contributed by atoms with Crippen LogP contribution in [0.25, 0.3) is 0 Å². The summed E-state index contributed by atoms with van der Waals surface area (Å²) in [7, 11) is 0.889. The number of hydrogen-bond donors (Lipinski definition) is 0. The first-order valence-electron chi connectivity index (χ1n) is 8.06. The van der Waals surface area contributed by atoms with Gasteiger partial charge in [-0.1, -0.05) is 0 Å². The predicted octanol–water partition coefficient (Wildman–Crippen LogP) is -0.178. The average molecular weight is 347 g/mol. The van der Waals surface area contributed by atoms with Crippen molar-refractivity contribution in [1.29, 1.82) is 0 Å². The molecule has 8 heteroatoms. The van der Waals surface area contributed by atoms with Crippen LogP contribution >= 0.6 is 0 Å². The molecule has 1 aliphatic rings. The van der Waals surface area contributed by atoms with Gasteiger partial charge in [-0.25, -0.2) is 8.42 Å². The summed E-state index contributed by atoms with van der Waals surface area (Å²) < 4.78 is 23.2. The van der Waals surface area contributed by atoms with E-state index in [-0.39, 0.29) is 35.9 Å². The van der Waals surface area contributed by atoms with E-state index in [1.807, 2.05) is 25.9 Å². The number of nitrogens with zero attached hydrogens (tertiary/aromatic N) is 3. The molecule has 0 saturated carbocycles. The van der Waals surface area contributed by atoms with Gasteiger partial charge in [-0.2, -0.15) is 0 Å². The third kappa shape index (κ3) is 6.47. The molecule has 0 bridgehead atoms. The maximum atomic E-state index is 12.5. The highest BCUT2D eigenvalue weighted by Gasteiger charge is 2.34. The molecule has 134 valence electrons. The molecule has 0 spiro atoms. The summed E-state index contributed by atoms with van der Waals surface area (Å²) in [5.74, 6) is -0.129. The Bertz CT molecular complexity index is 519. The van der Waals surface area contributed by atoms with Gasteiger partial charge >= 0.3 is 0 Å². The largest absolute Gasteiger partial charge is 0.337 e. The number of amides is 2. The molecule has 1 heterocycles. The van der Waals surface area contributed by atoms with Crippen LogP contribution in [-0.4, -0.2) is 92.8 Å². The number of rotatable bonds is 8. The molecule has 0 N–H and O–H groups in total. The lowest BCUT2D eigenvalue weighted by Crippen LogP contribution is -2.47. The van der Waals surface area contributed by atoms with E-state index < -0.39 is 9.84 Å². The third-order valence-corrected chi connectivity index (χ3v) is 5.87. The van der Waals surface area contributed by atoms with Gasteiger partial charge in [0.1, 0.15) is 0 Å². The second kappa shape index (κ2) is 8.63. The van der Waals surface area contributed by atoms with Crippen molar-refractivity contribution in [3.8, 4) is 0 Å². The summed E-state index contributed by atoms with van der Waals surface area (Å²) in [5, 5.41) is 0. The van der Waals surface area contributed by atoms with Crippen LogP contribution in [-0.2, 0) is 19.4 Å². The van der Waals surface area contributed by atoms with Crippen LogP contribution in [0.4, 0.5) is 0 Å². The summed E-state index contributed by atoms with van der Waals surface area (Å²) in [6, 6.07) is -0.256. The van der Waals surface area contributed by atoms with Crippen molar-refractivity contribution in [2.45, 2.75) is 32.7 Å². The summed E-state index contributed by atoms with van der Waals surface area (Å²) in [5.41, 5.74) is 0. The molecule has 7 nitrogen and oxygen atoms in total. The molecule has 23 heavy (non-hydrogen) atoms. The molecule has 2 amide bonds. The molecule has 1 rings (SSSR count). The lowest BCUT2D eigenvalue weighted by molar-refractivity contribution is -0.140. The first kappa shape index (κ1) is 19.9. The topological polar surface area (TPSA) is 78.0 Å². The van der Waals surface area contributed by atoms with Crippen LogP contribution in [0.2, 0.25) is 0 Å². The van der Waals surface area contributed by atoms with Crippen molar-refractivity contribution in [2.75, 3.05) is 51.8 Å². The first-order chi connectivity index (χ1) is 10.7. The lowest BCUT2D eigenvalue weighted by Gasteiger charge is -2.30. The fourth-order valence-corrected chi connectivity index (χ4v) is 4.57. The zero-order chi connectivity index (χ0) is 17.6. The maximum absolute atomic E-state index is 12.5. The van der Waals surface area contributed by atoms with Crippen LogP contribution in [0.5, 0.6) is 0 Å². The first-order valence-corrected chi connectivity index (χ1v) is 9.88. The number of hydrogen-bond acceptors (Lipinski definition) is 5. The van der Waals surface area contributed by atoms with E-state index in [1.54, 1.807) is 4.90 Å². The third-order valence-electron chi connectivity index (χ3n) is 4.12. The van der Waals surface area contributed by atoms with E-state index in [1.165, 1.54) is 11.8 Å². The smallest absolute Gasteiger partial charge is 0.242 e. The van der Waals surface area contributed by atoms with Gasteiger partial charge in [0.2, 0.25) is 11.8 Å². The number of likely N-dealkylation sites (N-methyl/N-ethyl adjacent to an activating group) is 1. The van der Waals surface area contributed by atoms with Gasteiger partial charge in [-0.05, 0) is 40.4 Å². The van der Waals surface area contributed by atoms with Gasteiger partial charge in [0, 0.05) is 26.1 Å². The second-order valence-electron chi connectivity index (χ2n) is 6.33. The Balaban J connectivity index is 2.63. The Kier molecular flexibility index (Phi) is 7.47. The molecule has 0 aromatic heterocycles. The minimum Gasteiger partial charge on any atom is -0.337 e. The van der Waals surface area contributed by atoms with Gasteiger partial charge < -0.3 is 14.7 Å². The quantitative estimate of drug-likeness (QED) is 0.609. The van der Waals surface area contributed by atoms with E-state index in [4.69, 9.17) is 0 Å². The van der Waals surface area contributed by atoms with Gasteiger partial charge in [0.05, 0.1) is 18.1 Å². The van der Waals surface area contributed by atoms with Crippen LogP contribution in [0.15, 0.2) is 0 Å². The van der Waals surface area contributed by atoms with Crippen molar-refractivity contribution in [3.05, 3.63) is 0 Å². The molecule has 1 unspecified atom stereocenters. The molecule has 0 aromatic rings. The van der Waals surface area contributed by atoms with Crippen LogP contribution in [0, 0.1) is 0 Å². The van der Waals surface area contributed by atoms with Gasteiger partial charge in [-0.15, -0.1) is 0 Å². The highest BCUT2D eigenvalue weighted by Crippen LogP contribution is 2.18. The summed E-state index contributed by atoms with van der Waals surface area (Å²) >= 11 is 0. The minimum atomic E-state index is -3.03. The number of sulfone groups is 1. The molecule has 1 atom stereocenters. The van der Waals surface area contributed by atoms with E-state index in [2.05, 4.69) is 0 Å². The fourth-order valence-electron chi connectivity index (χ4n) is 2.84.